The predicted octanol–water partition coefficient (Wildman–Crippen LogP) is 1.43. The number of aliphatic imine (C=N–C) groups is 1. The van der Waals surface area contributed by atoms with E-state index in [1.807, 2.05) is 0 Å². The number of benzene rings is 1. The molecule has 0 saturated carbocycles. The fraction of sp³-hybridized carbons (Fsp3) is 0.417. The SMILES string of the molecule is Cc1cc(C)c(CCN=C(N)N)c(C)c1. The van der Waals surface area contributed by atoms with Crippen LogP contribution in [0.4, 0.5) is 0 Å². The monoisotopic (exact) mass is 205 g/mol. The van der Waals surface area contributed by atoms with Gasteiger partial charge in [0.05, 0.1) is 0 Å². The summed E-state index contributed by atoms with van der Waals surface area (Å²) in [6.07, 6.45) is 0.899. The molecule has 0 aliphatic rings. The largest absolute Gasteiger partial charge is 0.370 e. The van der Waals surface area contributed by atoms with Crippen LogP contribution in [-0.2, 0) is 6.42 Å². The second-order valence-corrected chi connectivity index (χ2v) is 3.93. The molecule has 15 heavy (non-hydrogen) atoms. The van der Waals surface area contributed by atoms with Gasteiger partial charge >= 0.3 is 0 Å². The fourth-order valence-electron chi connectivity index (χ4n) is 1.90. The Morgan fingerprint density at radius 1 is 1.13 bits per heavy atom. The summed E-state index contributed by atoms with van der Waals surface area (Å²) < 4.78 is 0. The number of nitrogens with zero attached hydrogens (tertiary/aromatic N) is 1. The van der Waals surface area contributed by atoms with Crippen molar-refractivity contribution >= 4 is 5.96 Å². The molecule has 0 saturated heterocycles. The van der Waals surface area contributed by atoms with Crippen LogP contribution in [0.15, 0.2) is 17.1 Å². The molecule has 0 aliphatic carbocycles. The third-order valence-electron chi connectivity index (χ3n) is 2.50. The average Bonchev–Trinajstić information content (AvgIpc) is 2.08. The topological polar surface area (TPSA) is 64.4 Å². The summed E-state index contributed by atoms with van der Waals surface area (Å²) in [7, 11) is 0. The van der Waals surface area contributed by atoms with Crippen LogP contribution in [0, 0.1) is 20.8 Å². The Morgan fingerprint density at radius 3 is 2.13 bits per heavy atom. The van der Waals surface area contributed by atoms with Gasteiger partial charge < -0.3 is 11.5 Å². The number of aryl methyl sites for hydroxylation is 3. The van der Waals surface area contributed by atoms with E-state index < -0.39 is 0 Å². The summed E-state index contributed by atoms with van der Waals surface area (Å²) in [6, 6.07) is 4.38. The first-order valence-corrected chi connectivity index (χ1v) is 5.13. The van der Waals surface area contributed by atoms with Crippen LogP contribution < -0.4 is 11.5 Å². The van der Waals surface area contributed by atoms with Crippen molar-refractivity contribution in [2.24, 2.45) is 16.5 Å². The molecule has 0 aromatic heterocycles. The van der Waals surface area contributed by atoms with E-state index in [1.54, 1.807) is 0 Å². The maximum atomic E-state index is 5.28. The van der Waals surface area contributed by atoms with E-state index >= 15 is 0 Å². The molecule has 0 aliphatic heterocycles. The lowest BCUT2D eigenvalue weighted by Crippen LogP contribution is -2.23. The van der Waals surface area contributed by atoms with Crippen LogP contribution in [0.25, 0.3) is 0 Å². The second-order valence-electron chi connectivity index (χ2n) is 3.93. The molecule has 0 unspecified atom stereocenters. The highest BCUT2D eigenvalue weighted by Gasteiger charge is 2.02. The van der Waals surface area contributed by atoms with Gasteiger partial charge in [-0.1, -0.05) is 17.7 Å². The van der Waals surface area contributed by atoms with E-state index in [9.17, 15) is 0 Å². The molecule has 82 valence electrons. The molecule has 0 fully saturated rings. The summed E-state index contributed by atoms with van der Waals surface area (Å²) in [5.74, 6) is 0.164. The Balaban J connectivity index is 2.81. The lowest BCUT2D eigenvalue weighted by atomic mass is 9.97. The minimum Gasteiger partial charge on any atom is -0.370 e. The summed E-state index contributed by atoms with van der Waals surface area (Å²) in [6.45, 7) is 7.03. The first kappa shape index (κ1) is 11.6. The van der Waals surface area contributed by atoms with Gasteiger partial charge in [-0.3, -0.25) is 4.99 Å². The highest BCUT2D eigenvalue weighted by atomic mass is 15.0. The molecule has 1 aromatic carbocycles. The van der Waals surface area contributed by atoms with E-state index in [1.165, 1.54) is 22.3 Å². The van der Waals surface area contributed by atoms with Gasteiger partial charge in [-0.15, -0.1) is 0 Å². The zero-order chi connectivity index (χ0) is 11.4. The van der Waals surface area contributed by atoms with Crippen molar-refractivity contribution in [3.63, 3.8) is 0 Å². The molecule has 0 bridgehead atoms. The zero-order valence-electron chi connectivity index (χ0n) is 9.67. The van der Waals surface area contributed by atoms with Gasteiger partial charge in [0.25, 0.3) is 0 Å². The Kier molecular flexibility index (Phi) is 3.72. The lowest BCUT2D eigenvalue weighted by Gasteiger charge is -2.09. The summed E-state index contributed by atoms with van der Waals surface area (Å²) in [5.41, 5.74) is 15.9. The second kappa shape index (κ2) is 4.82. The molecule has 4 N–H and O–H groups in total. The van der Waals surface area contributed by atoms with Crippen molar-refractivity contribution in [3.05, 3.63) is 34.4 Å². The van der Waals surface area contributed by atoms with E-state index in [-0.39, 0.29) is 5.96 Å². The minimum absolute atomic E-state index is 0.164. The van der Waals surface area contributed by atoms with Crippen LogP contribution >= 0.6 is 0 Å². The molecule has 1 rings (SSSR count). The molecule has 3 nitrogen and oxygen atoms in total. The average molecular weight is 205 g/mol. The predicted molar refractivity (Wildman–Crippen MR) is 65.0 cm³/mol. The molecule has 3 heteroatoms. The fourth-order valence-corrected chi connectivity index (χ4v) is 1.90. The number of hydrogen-bond donors (Lipinski definition) is 2. The number of hydrogen-bond acceptors (Lipinski definition) is 1. The van der Waals surface area contributed by atoms with Crippen LogP contribution in [0.5, 0.6) is 0 Å². The first-order chi connectivity index (χ1) is 7.00. The van der Waals surface area contributed by atoms with Crippen molar-refractivity contribution in [2.75, 3.05) is 6.54 Å². The van der Waals surface area contributed by atoms with Crippen molar-refractivity contribution in [1.82, 2.24) is 0 Å². The van der Waals surface area contributed by atoms with Crippen LogP contribution in [0.2, 0.25) is 0 Å². The maximum Gasteiger partial charge on any atom is 0.185 e. The van der Waals surface area contributed by atoms with Crippen molar-refractivity contribution < 1.29 is 0 Å². The Morgan fingerprint density at radius 2 is 1.67 bits per heavy atom. The lowest BCUT2D eigenvalue weighted by molar-refractivity contribution is 0.940. The smallest absolute Gasteiger partial charge is 0.185 e. The van der Waals surface area contributed by atoms with Crippen LogP contribution in [-0.4, -0.2) is 12.5 Å². The number of nitrogens with two attached hydrogens (primary N) is 2. The minimum atomic E-state index is 0.164. The van der Waals surface area contributed by atoms with Crippen molar-refractivity contribution in [2.45, 2.75) is 27.2 Å². The first-order valence-electron chi connectivity index (χ1n) is 5.13. The molecule has 0 heterocycles. The van der Waals surface area contributed by atoms with Gasteiger partial charge in [-0.2, -0.15) is 0 Å². The summed E-state index contributed by atoms with van der Waals surface area (Å²) >= 11 is 0. The van der Waals surface area contributed by atoms with E-state index in [4.69, 9.17) is 11.5 Å². The third-order valence-corrected chi connectivity index (χ3v) is 2.50. The van der Waals surface area contributed by atoms with Crippen LogP contribution in [0.1, 0.15) is 22.3 Å². The van der Waals surface area contributed by atoms with Gasteiger partial charge in [0.15, 0.2) is 5.96 Å². The molecule has 0 amide bonds. The Labute approximate surface area is 91.2 Å². The zero-order valence-corrected chi connectivity index (χ0v) is 9.67. The molecule has 1 aromatic rings. The molecular weight excluding hydrogens is 186 g/mol. The van der Waals surface area contributed by atoms with E-state index in [0.717, 1.165) is 6.42 Å². The summed E-state index contributed by atoms with van der Waals surface area (Å²) in [5, 5.41) is 0. The molecule has 0 spiro atoms. The highest BCUT2D eigenvalue weighted by Crippen LogP contribution is 2.16. The maximum absolute atomic E-state index is 5.28. The standard InChI is InChI=1S/C12H19N3/c1-8-6-9(2)11(10(3)7-8)4-5-15-12(13)14/h6-7H,4-5H2,1-3H3,(H4,13,14,15). The Bertz CT molecular complexity index is 353. The van der Waals surface area contributed by atoms with E-state index in [0.29, 0.717) is 6.54 Å². The normalized spacial score (nSPS) is 10.1. The molecular formula is C12H19N3. The van der Waals surface area contributed by atoms with Crippen molar-refractivity contribution in [1.29, 1.82) is 0 Å². The quantitative estimate of drug-likeness (QED) is 0.579. The van der Waals surface area contributed by atoms with Crippen LogP contribution in [0.3, 0.4) is 0 Å². The van der Waals surface area contributed by atoms with E-state index in [2.05, 4.69) is 37.9 Å². The van der Waals surface area contributed by atoms with Gasteiger partial charge in [0.2, 0.25) is 0 Å². The van der Waals surface area contributed by atoms with Gasteiger partial charge in [-0.25, -0.2) is 0 Å². The van der Waals surface area contributed by atoms with Gasteiger partial charge in [-0.05, 0) is 43.9 Å². The number of guanidine groups is 1. The van der Waals surface area contributed by atoms with Gasteiger partial charge in [0, 0.05) is 6.54 Å². The Hall–Kier alpha value is -1.51. The number of rotatable bonds is 3. The van der Waals surface area contributed by atoms with Crippen molar-refractivity contribution in [3.8, 4) is 0 Å². The third kappa shape index (κ3) is 3.27. The summed E-state index contributed by atoms with van der Waals surface area (Å²) in [4.78, 5) is 4.00. The van der Waals surface area contributed by atoms with Gasteiger partial charge in [0.1, 0.15) is 0 Å². The molecule has 0 radical (unpaired) electrons. The molecule has 0 atom stereocenters. The highest BCUT2D eigenvalue weighted by molar-refractivity contribution is 5.75.